The van der Waals surface area contributed by atoms with Crippen molar-refractivity contribution in [1.29, 1.82) is 0 Å². The highest BCUT2D eigenvalue weighted by atomic mass is 79.9. The molecule has 1 saturated heterocycles. The predicted molar refractivity (Wildman–Crippen MR) is 68.0 cm³/mol. The van der Waals surface area contributed by atoms with Gasteiger partial charge in [-0.1, -0.05) is 0 Å². The van der Waals surface area contributed by atoms with Gasteiger partial charge in [-0.25, -0.2) is 4.98 Å². The van der Waals surface area contributed by atoms with Crippen molar-refractivity contribution in [3.8, 4) is 0 Å². The van der Waals surface area contributed by atoms with E-state index in [0.29, 0.717) is 28.8 Å². The van der Waals surface area contributed by atoms with E-state index >= 15 is 0 Å². The number of rotatable bonds is 1. The first kappa shape index (κ1) is 12.3. The number of halogens is 1. The number of amides is 3. The first-order chi connectivity index (χ1) is 9.06. The third kappa shape index (κ3) is 2.03. The van der Waals surface area contributed by atoms with Crippen molar-refractivity contribution in [2.24, 2.45) is 0 Å². The molecule has 6 nitrogen and oxygen atoms in total. The first-order valence-corrected chi connectivity index (χ1v) is 6.65. The highest BCUT2D eigenvalue weighted by Crippen LogP contribution is 2.27. The molecule has 1 atom stereocenters. The molecule has 1 fully saturated rings. The van der Waals surface area contributed by atoms with E-state index in [1.807, 2.05) is 0 Å². The summed E-state index contributed by atoms with van der Waals surface area (Å²) < 4.78 is 0.657. The summed E-state index contributed by atoms with van der Waals surface area (Å²) in [7, 11) is 0. The van der Waals surface area contributed by atoms with E-state index in [9.17, 15) is 14.4 Å². The largest absolute Gasteiger partial charge is 0.321 e. The van der Waals surface area contributed by atoms with Crippen molar-refractivity contribution < 1.29 is 14.4 Å². The van der Waals surface area contributed by atoms with Crippen LogP contribution in [-0.2, 0) is 16.1 Å². The van der Waals surface area contributed by atoms with Crippen molar-refractivity contribution in [3.63, 3.8) is 0 Å². The summed E-state index contributed by atoms with van der Waals surface area (Å²) in [6.45, 7) is 0.305. The molecule has 1 aromatic heterocycles. The molecule has 0 radical (unpaired) electrons. The standard InChI is InChI=1S/C12H10BrN3O3/c13-9-3-1-6-7(14-9)5-16(12(6)19)8-2-4-10(17)15-11(8)18/h1,3,8H,2,4-5H2,(H,15,17,18). The normalized spacial score (nSPS) is 22.5. The molecule has 98 valence electrons. The van der Waals surface area contributed by atoms with Gasteiger partial charge < -0.3 is 4.90 Å². The summed E-state index contributed by atoms with van der Waals surface area (Å²) in [6, 6.07) is 2.81. The molecule has 3 rings (SSSR count). The van der Waals surface area contributed by atoms with Crippen LogP contribution in [0.3, 0.4) is 0 Å². The van der Waals surface area contributed by atoms with Gasteiger partial charge in [-0.2, -0.15) is 0 Å². The van der Waals surface area contributed by atoms with Crippen molar-refractivity contribution in [2.45, 2.75) is 25.4 Å². The second-order valence-electron chi connectivity index (χ2n) is 4.53. The molecule has 3 amide bonds. The van der Waals surface area contributed by atoms with Crippen molar-refractivity contribution >= 4 is 33.7 Å². The van der Waals surface area contributed by atoms with Crippen LogP contribution < -0.4 is 5.32 Å². The lowest BCUT2D eigenvalue weighted by molar-refractivity contribution is -0.136. The predicted octanol–water partition coefficient (Wildman–Crippen LogP) is 0.605. The lowest BCUT2D eigenvalue weighted by atomic mass is 10.0. The molecule has 1 unspecified atom stereocenters. The Bertz CT molecular complexity index is 602. The Morgan fingerprint density at radius 3 is 2.84 bits per heavy atom. The Hall–Kier alpha value is -1.76. The van der Waals surface area contributed by atoms with E-state index in [4.69, 9.17) is 0 Å². The number of imide groups is 1. The van der Waals surface area contributed by atoms with E-state index in [0.717, 1.165) is 0 Å². The number of carbonyl (C=O) groups excluding carboxylic acids is 3. The Labute approximate surface area is 117 Å². The Balaban J connectivity index is 1.87. The molecule has 0 spiro atoms. The smallest absolute Gasteiger partial charge is 0.256 e. The third-order valence-corrected chi connectivity index (χ3v) is 3.78. The molecular weight excluding hydrogens is 314 g/mol. The summed E-state index contributed by atoms with van der Waals surface area (Å²) in [6.07, 6.45) is 0.624. The summed E-state index contributed by atoms with van der Waals surface area (Å²) in [4.78, 5) is 40.9. The van der Waals surface area contributed by atoms with Crippen molar-refractivity contribution in [1.82, 2.24) is 15.2 Å². The van der Waals surface area contributed by atoms with E-state index in [1.165, 1.54) is 4.90 Å². The van der Waals surface area contributed by atoms with Gasteiger partial charge in [-0.15, -0.1) is 0 Å². The van der Waals surface area contributed by atoms with Gasteiger partial charge in [0.15, 0.2) is 0 Å². The molecular formula is C12H10BrN3O3. The van der Waals surface area contributed by atoms with Gasteiger partial charge in [-0.05, 0) is 34.5 Å². The zero-order valence-electron chi connectivity index (χ0n) is 9.85. The van der Waals surface area contributed by atoms with Crippen LogP contribution in [0, 0.1) is 0 Å². The average Bonchev–Trinajstić information content (AvgIpc) is 2.66. The van der Waals surface area contributed by atoms with E-state index in [1.54, 1.807) is 12.1 Å². The Kier molecular flexibility index (Phi) is 2.85. The average molecular weight is 324 g/mol. The van der Waals surface area contributed by atoms with E-state index in [2.05, 4.69) is 26.2 Å². The molecule has 2 aliphatic heterocycles. The van der Waals surface area contributed by atoms with Gasteiger partial charge in [0.1, 0.15) is 10.6 Å². The maximum absolute atomic E-state index is 12.2. The molecule has 0 aliphatic carbocycles. The lowest BCUT2D eigenvalue weighted by Crippen LogP contribution is -2.52. The maximum atomic E-state index is 12.2. The molecule has 1 N–H and O–H groups in total. The number of carbonyl (C=O) groups is 3. The number of aromatic nitrogens is 1. The molecule has 2 aliphatic rings. The topological polar surface area (TPSA) is 79.4 Å². The van der Waals surface area contributed by atoms with Crippen LogP contribution >= 0.6 is 15.9 Å². The van der Waals surface area contributed by atoms with E-state index in [-0.39, 0.29) is 18.2 Å². The van der Waals surface area contributed by atoms with Gasteiger partial charge in [-0.3, -0.25) is 19.7 Å². The Morgan fingerprint density at radius 1 is 1.32 bits per heavy atom. The number of hydrogen-bond acceptors (Lipinski definition) is 4. The second-order valence-corrected chi connectivity index (χ2v) is 5.34. The number of fused-ring (bicyclic) bond motifs is 1. The fourth-order valence-corrected chi connectivity index (χ4v) is 2.76. The quantitative estimate of drug-likeness (QED) is 0.606. The summed E-state index contributed by atoms with van der Waals surface area (Å²) >= 11 is 3.26. The number of piperidine rings is 1. The second kappa shape index (κ2) is 4.41. The van der Waals surface area contributed by atoms with Gasteiger partial charge in [0.25, 0.3) is 5.91 Å². The minimum absolute atomic E-state index is 0.204. The lowest BCUT2D eigenvalue weighted by Gasteiger charge is -2.29. The highest BCUT2D eigenvalue weighted by Gasteiger charge is 2.39. The minimum Gasteiger partial charge on any atom is -0.321 e. The SMILES string of the molecule is O=C1CCC(N2Cc3nc(Br)ccc3C2=O)C(=O)N1. The van der Waals surface area contributed by atoms with Gasteiger partial charge in [0, 0.05) is 6.42 Å². The molecule has 19 heavy (non-hydrogen) atoms. The summed E-state index contributed by atoms with van der Waals surface area (Å²) in [5, 5.41) is 2.26. The minimum atomic E-state index is -0.585. The number of pyridine rings is 1. The van der Waals surface area contributed by atoms with Crippen LogP contribution in [0.1, 0.15) is 28.9 Å². The molecule has 0 bridgehead atoms. The number of hydrogen-bond donors (Lipinski definition) is 1. The van der Waals surface area contributed by atoms with E-state index < -0.39 is 11.9 Å². The monoisotopic (exact) mass is 323 g/mol. The molecule has 0 saturated carbocycles. The van der Waals surface area contributed by atoms with Gasteiger partial charge in [0.05, 0.1) is 17.8 Å². The third-order valence-electron chi connectivity index (χ3n) is 3.34. The number of nitrogens with one attached hydrogen (secondary N) is 1. The van der Waals surface area contributed by atoms with Gasteiger partial charge in [0.2, 0.25) is 11.8 Å². The van der Waals surface area contributed by atoms with Crippen LogP contribution in [0.15, 0.2) is 16.7 Å². The Morgan fingerprint density at radius 2 is 2.11 bits per heavy atom. The first-order valence-electron chi connectivity index (χ1n) is 5.86. The fourth-order valence-electron chi connectivity index (χ4n) is 2.41. The van der Waals surface area contributed by atoms with Crippen molar-refractivity contribution in [3.05, 3.63) is 28.0 Å². The summed E-state index contributed by atoms with van der Waals surface area (Å²) in [5.74, 6) is -0.896. The van der Waals surface area contributed by atoms with Crippen LogP contribution in [0.2, 0.25) is 0 Å². The van der Waals surface area contributed by atoms with Crippen LogP contribution in [0.5, 0.6) is 0 Å². The number of nitrogens with zero attached hydrogens (tertiary/aromatic N) is 2. The zero-order chi connectivity index (χ0) is 13.6. The highest BCUT2D eigenvalue weighted by molar-refractivity contribution is 9.10. The van der Waals surface area contributed by atoms with Crippen LogP contribution in [0.25, 0.3) is 0 Å². The van der Waals surface area contributed by atoms with Crippen molar-refractivity contribution in [2.75, 3.05) is 0 Å². The van der Waals surface area contributed by atoms with Crippen LogP contribution in [-0.4, -0.2) is 33.6 Å². The fraction of sp³-hybridized carbons (Fsp3) is 0.333. The molecule has 7 heteroatoms. The molecule has 0 aromatic carbocycles. The summed E-state index contributed by atoms with van der Waals surface area (Å²) in [5.41, 5.74) is 1.18. The molecule has 1 aromatic rings. The zero-order valence-corrected chi connectivity index (χ0v) is 11.4. The molecule has 3 heterocycles. The van der Waals surface area contributed by atoms with Crippen LogP contribution in [0.4, 0.5) is 0 Å². The van der Waals surface area contributed by atoms with Gasteiger partial charge >= 0.3 is 0 Å². The maximum Gasteiger partial charge on any atom is 0.256 e.